The zero-order valence-corrected chi connectivity index (χ0v) is 18.0. The number of fused-ring (bicyclic) bond motifs is 1. The number of phenolic OH excluding ortho intramolecular Hbond substituents is 1. The lowest BCUT2D eigenvalue weighted by atomic mass is 9.77. The SMILES string of the molecule is C=CCn1c(=O)n(CC=C)c2cc(C(O)(C(C)c3ccc(O)cc3Cl)C(F)(F)F)ccc21. The van der Waals surface area contributed by atoms with E-state index in [-0.39, 0.29) is 34.9 Å². The molecule has 2 atom stereocenters. The molecule has 3 rings (SSSR count). The molecule has 1 heterocycles. The number of imidazole rings is 1. The largest absolute Gasteiger partial charge is 0.508 e. The molecule has 0 saturated carbocycles. The van der Waals surface area contributed by atoms with E-state index in [0.29, 0.717) is 5.52 Å². The Hall–Kier alpha value is -2.97. The summed E-state index contributed by atoms with van der Waals surface area (Å²) in [7, 11) is 0. The number of alkyl halides is 3. The van der Waals surface area contributed by atoms with Gasteiger partial charge in [-0.25, -0.2) is 4.79 Å². The van der Waals surface area contributed by atoms with Crippen molar-refractivity contribution < 1.29 is 23.4 Å². The lowest BCUT2D eigenvalue weighted by Gasteiger charge is -2.37. The number of hydrogen-bond donors (Lipinski definition) is 2. The molecule has 0 fully saturated rings. The molecule has 0 amide bonds. The number of rotatable bonds is 7. The van der Waals surface area contributed by atoms with E-state index in [9.17, 15) is 28.2 Å². The fourth-order valence-electron chi connectivity index (χ4n) is 3.92. The van der Waals surface area contributed by atoms with Gasteiger partial charge in [-0.15, -0.1) is 13.2 Å². The topological polar surface area (TPSA) is 67.4 Å². The zero-order chi connectivity index (χ0) is 23.8. The fraction of sp³-hybridized carbons (Fsp3) is 0.261. The Bertz CT molecular complexity index is 1250. The van der Waals surface area contributed by atoms with Crippen molar-refractivity contribution in [2.24, 2.45) is 0 Å². The van der Waals surface area contributed by atoms with E-state index >= 15 is 0 Å². The Morgan fingerprint density at radius 2 is 1.66 bits per heavy atom. The standard InChI is InChI=1S/C23H22ClF3N2O3/c1-4-10-28-19-9-6-15(12-20(19)29(11-5-2)21(28)31)22(32,23(25,26)27)14(3)17-8-7-16(30)13-18(17)24/h4-9,12-14,30,32H,1-2,10-11H2,3H3. The second-order valence-corrected chi connectivity index (χ2v) is 7.88. The normalized spacial score (nSPS) is 14.8. The summed E-state index contributed by atoms with van der Waals surface area (Å²) in [6.45, 7) is 8.66. The number of halogens is 4. The highest BCUT2D eigenvalue weighted by Crippen LogP contribution is 2.50. The molecule has 0 aliphatic carbocycles. The Labute approximate surface area is 187 Å². The first-order valence-electron chi connectivity index (χ1n) is 9.70. The molecular formula is C23H22ClF3N2O3. The first-order chi connectivity index (χ1) is 15.0. The molecular weight excluding hydrogens is 445 g/mol. The second kappa shape index (κ2) is 8.52. The molecule has 9 heteroatoms. The van der Waals surface area contributed by atoms with Crippen LogP contribution in [0.5, 0.6) is 5.75 Å². The molecule has 1 aromatic heterocycles. The average molecular weight is 467 g/mol. The molecule has 170 valence electrons. The van der Waals surface area contributed by atoms with Gasteiger partial charge in [-0.2, -0.15) is 13.2 Å². The van der Waals surface area contributed by atoms with Gasteiger partial charge < -0.3 is 10.2 Å². The summed E-state index contributed by atoms with van der Waals surface area (Å²) in [5.41, 5.74) is -3.56. The molecule has 32 heavy (non-hydrogen) atoms. The third kappa shape index (κ3) is 3.73. The van der Waals surface area contributed by atoms with E-state index in [1.54, 1.807) is 0 Å². The van der Waals surface area contributed by atoms with E-state index < -0.39 is 28.9 Å². The summed E-state index contributed by atoms with van der Waals surface area (Å²) in [6.07, 6.45) is -2.11. The number of benzene rings is 2. The third-order valence-corrected chi connectivity index (χ3v) is 5.92. The highest BCUT2D eigenvalue weighted by Gasteiger charge is 2.59. The van der Waals surface area contributed by atoms with E-state index in [1.165, 1.54) is 46.4 Å². The van der Waals surface area contributed by atoms with Crippen LogP contribution >= 0.6 is 11.6 Å². The van der Waals surface area contributed by atoms with Crippen molar-refractivity contribution in [2.75, 3.05) is 0 Å². The van der Waals surface area contributed by atoms with Crippen molar-refractivity contribution in [3.8, 4) is 5.75 Å². The molecule has 0 radical (unpaired) electrons. The van der Waals surface area contributed by atoms with Crippen molar-refractivity contribution in [3.63, 3.8) is 0 Å². The Morgan fingerprint density at radius 1 is 1.06 bits per heavy atom. The number of hydrogen-bond acceptors (Lipinski definition) is 3. The highest BCUT2D eigenvalue weighted by molar-refractivity contribution is 6.31. The van der Waals surface area contributed by atoms with E-state index in [4.69, 9.17) is 11.6 Å². The van der Waals surface area contributed by atoms with Crippen molar-refractivity contribution in [1.29, 1.82) is 0 Å². The predicted octanol–water partition coefficient (Wildman–Crippen LogP) is 5.09. The van der Waals surface area contributed by atoms with Gasteiger partial charge in [0.1, 0.15) is 5.75 Å². The molecule has 5 nitrogen and oxygen atoms in total. The maximum absolute atomic E-state index is 14.3. The van der Waals surface area contributed by atoms with Crippen molar-refractivity contribution in [3.05, 3.63) is 88.3 Å². The number of aliphatic hydroxyl groups is 1. The van der Waals surface area contributed by atoms with Crippen LogP contribution in [0, 0.1) is 0 Å². The average Bonchev–Trinajstić information content (AvgIpc) is 2.98. The molecule has 0 saturated heterocycles. The Morgan fingerprint density at radius 3 is 2.19 bits per heavy atom. The number of allylic oxidation sites excluding steroid dienone is 2. The van der Waals surface area contributed by atoms with Crippen molar-refractivity contribution >= 4 is 22.6 Å². The predicted molar refractivity (Wildman–Crippen MR) is 118 cm³/mol. The van der Waals surface area contributed by atoms with Crippen LogP contribution in [0.15, 0.2) is 66.5 Å². The Kier molecular flexibility index (Phi) is 6.31. The minimum Gasteiger partial charge on any atom is -0.508 e. The van der Waals surface area contributed by atoms with Crippen LogP contribution in [-0.2, 0) is 18.7 Å². The minimum absolute atomic E-state index is 0.0112. The van der Waals surface area contributed by atoms with Gasteiger partial charge in [-0.3, -0.25) is 9.13 Å². The fourth-order valence-corrected chi connectivity index (χ4v) is 4.26. The van der Waals surface area contributed by atoms with Gasteiger partial charge in [-0.1, -0.05) is 42.8 Å². The number of aromatic hydroxyl groups is 1. The molecule has 0 aliphatic heterocycles. The van der Waals surface area contributed by atoms with Gasteiger partial charge in [0.25, 0.3) is 0 Å². The lowest BCUT2D eigenvalue weighted by molar-refractivity contribution is -0.274. The molecule has 3 aromatic rings. The maximum atomic E-state index is 14.3. The van der Waals surface area contributed by atoms with Gasteiger partial charge in [0, 0.05) is 24.0 Å². The number of phenols is 1. The van der Waals surface area contributed by atoms with Crippen LogP contribution in [-0.4, -0.2) is 25.5 Å². The van der Waals surface area contributed by atoms with E-state index in [1.807, 2.05) is 0 Å². The van der Waals surface area contributed by atoms with Crippen LogP contribution in [0.25, 0.3) is 11.0 Å². The first kappa shape index (κ1) is 23.7. The van der Waals surface area contributed by atoms with Crippen LogP contribution < -0.4 is 5.69 Å². The van der Waals surface area contributed by atoms with Gasteiger partial charge in [0.05, 0.1) is 11.0 Å². The van der Waals surface area contributed by atoms with E-state index in [0.717, 1.165) is 18.2 Å². The minimum atomic E-state index is -5.07. The number of aromatic nitrogens is 2. The van der Waals surface area contributed by atoms with Gasteiger partial charge in [0.2, 0.25) is 0 Å². The summed E-state index contributed by atoms with van der Waals surface area (Å²) in [5.74, 6) is -1.73. The zero-order valence-electron chi connectivity index (χ0n) is 17.2. The van der Waals surface area contributed by atoms with Crippen LogP contribution in [0.1, 0.15) is 24.0 Å². The third-order valence-electron chi connectivity index (χ3n) is 5.59. The summed E-state index contributed by atoms with van der Waals surface area (Å²) in [6, 6.07) is 7.25. The molecule has 2 aromatic carbocycles. The summed E-state index contributed by atoms with van der Waals surface area (Å²) < 4.78 is 45.7. The van der Waals surface area contributed by atoms with Gasteiger partial charge in [0.15, 0.2) is 5.60 Å². The molecule has 2 N–H and O–H groups in total. The van der Waals surface area contributed by atoms with Gasteiger partial charge >= 0.3 is 11.9 Å². The Balaban J connectivity index is 2.29. The molecule has 0 spiro atoms. The quantitative estimate of drug-likeness (QED) is 0.477. The lowest BCUT2D eigenvalue weighted by Crippen LogP contribution is -2.46. The summed E-state index contributed by atoms with van der Waals surface area (Å²) in [5, 5.41) is 20.6. The molecule has 2 unspecified atom stereocenters. The van der Waals surface area contributed by atoms with E-state index in [2.05, 4.69) is 13.2 Å². The first-order valence-corrected chi connectivity index (χ1v) is 10.1. The van der Waals surface area contributed by atoms with Crippen LogP contribution in [0.3, 0.4) is 0 Å². The van der Waals surface area contributed by atoms with Gasteiger partial charge in [-0.05, 0) is 35.4 Å². The van der Waals surface area contributed by atoms with Crippen LogP contribution in [0.4, 0.5) is 13.2 Å². The van der Waals surface area contributed by atoms with Crippen molar-refractivity contribution in [1.82, 2.24) is 9.13 Å². The van der Waals surface area contributed by atoms with Crippen LogP contribution in [0.2, 0.25) is 5.02 Å². The summed E-state index contributed by atoms with van der Waals surface area (Å²) in [4.78, 5) is 12.8. The number of nitrogens with zero attached hydrogens (tertiary/aromatic N) is 2. The van der Waals surface area contributed by atoms with Crippen molar-refractivity contribution in [2.45, 2.75) is 37.7 Å². The smallest absolute Gasteiger partial charge is 0.422 e. The monoisotopic (exact) mass is 466 g/mol. The highest BCUT2D eigenvalue weighted by atomic mass is 35.5. The molecule has 0 aliphatic rings. The second-order valence-electron chi connectivity index (χ2n) is 7.48. The maximum Gasteiger partial charge on any atom is 0.422 e. The molecule has 0 bridgehead atoms. The summed E-state index contributed by atoms with van der Waals surface area (Å²) >= 11 is 6.08.